The van der Waals surface area contributed by atoms with Gasteiger partial charge in [-0.3, -0.25) is 9.78 Å². The number of pyridine rings is 1. The van der Waals surface area contributed by atoms with E-state index >= 15 is 0 Å². The van der Waals surface area contributed by atoms with Gasteiger partial charge in [0.05, 0.1) is 16.4 Å². The van der Waals surface area contributed by atoms with Crippen molar-refractivity contribution in [3.05, 3.63) is 34.8 Å². The van der Waals surface area contributed by atoms with E-state index in [0.29, 0.717) is 12.3 Å². The van der Waals surface area contributed by atoms with Crippen molar-refractivity contribution in [3.8, 4) is 11.4 Å². The summed E-state index contributed by atoms with van der Waals surface area (Å²) in [6.07, 6.45) is 5.43. The Bertz CT molecular complexity index is 626. The summed E-state index contributed by atoms with van der Waals surface area (Å²) in [6.45, 7) is 4.05. The molecule has 2 aromatic heterocycles. The fourth-order valence-electron chi connectivity index (χ4n) is 2.85. The van der Waals surface area contributed by atoms with Crippen LogP contribution in [-0.4, -0.2) is 33.9 Å². The highest BCUT2D eigenvalue weighted by atomic mass is 32.1. The van der Waals surface area contributed by atoms with Gasteiger partial charge in [-0.05, 0) is 30.9 Å². The van der Waals surface area contributed by atoms with Gasteiger partial charge in [-0.25, -0.2) is 4.98 Å². The molecule has 1 unspecified atom stereocenters. The molecule has 0 spiro atoms. The number of hydrogen-bond acceptors (Lipinski definition) is 4. The summed E-state index contributed by atoms with van der Waals surface area (Å²) in [4.78, 5) is 23.2. The predicted octanol–water partition coefficient (Wildman–Crippen LogP) is 3.40. The second-order valence-corrected chi connectivity index (χ2v) is 6.87. The average molecular weight is 315 g/mol. The lowest BCUT2D eigenvalue weighted by atomic mass is 10.00. The molecule has 3 heterocycles. The molecule has 0 N–H and O–H groups in total. The van der Waals surface area contributed by atoms with Crippen LogP contribution in [0.25, 0.3) is 11.4 Å². The Hall–Kier alpha value is -1.75. The highest BCUT2D eigenvalue weighted by molar-refractivity contribution is 7.09. The molecule has 1 atom stereocenters. The van der Waals surface area contributed by atoms with Gasteiger partial charge in [0.15, 0.2) is 0 Å². The predicted molar refractivity (Wildman–Crippen MR) is 88.6 cm³/mol. The molecule has 0 aromatic carbocycles. The Balaban J connectivity index is 1.56. The van der Waals surface area contributed by atoms with Crippen molar-refractivity contribution < 1.29 is 4.79 Å². The number of nitrogens with zero attached hydrogens (tertiary/aromatic N) is 3. The van der Waals surface area contributed by atoms with E-state index in [0.717, 1.165) is 42.3 Å². The lowest BCUT2D eigenvalue weighted by Gasteiger charge is -2.30. The summed E-state index contributed by atoms with van der Waals surface area (Å²) in [5, 5.41) is 3.03. The summed E-state index contributed by atoms with van der Waals surface area (Å²) < 4.78 is 0. The van der Waals surface area contributed by atoms with Gasteiger partial charge in [0.2, 0.25) is 5.91 Å². The van der Waals surface area contributed by atoms with Crippen LogP contribution in [0.15, 0.2) is 29.8 Å². The van der Waals surface area contributed by atoms with Crippen LogP contribution >= 0.6 is 11.3 Å². The van der Waals surface area contributed by atoms with Crippen molar-refractivity contribution in [3.63, 3.8) is 0 Å². The van der Waals surface area contributed by atoms with Gasteiger partial charge in [0, 0.05) is 37.5 Å². The van der Waals surface area contributed by atoms with Crippen molar-refractivity contribution in [2.24, 2.45) is 5.92 Å². The largest absolute Gasteiger partial charge is 0.342 e. The summed E-state index contributed by atoms with van der Waals surface area (Å²) in [5.74, 6) is 0.898. The van der Waals surface area contributed by atoms with Crippen molar-refractivity contribution in [1.82, 2.24) is 14.9 Å². The van der Waals surface area contributed by atoms with E-state index in [2.05, 4.69) is 16.9 Å². The number of hydrogen-bond donors (Lipinski definition) is 0. The van der Waals surface area contributed by atoms with Gasteiger partial charge in [0.1, 0.15) is 0 Å². The van der Waals surface area contributed by atoms with Crippen molar-refractivity contribution in [2.45, 2.75) is 32.6 Å². The fraction of sp³-hybridized carbons (Fsp3) is 0.471. The van der Waals surface area contributed by atoms with E-state index in [4.69, 9.17) is 0 Å². The van der Waals surface area contributed by atoms with Gasteiger partial charge in [-0.2, -0.15) is 0 Å². The Morgan fingerprint density at radius 1 is 1.41 bits per heavy atom. The number of rotatable bonds is 4. The lowest BCUT2D eigenvalue weighted by Crippen LogP contribution is -2.39. The second-order valence-electron chi connectivity index (χ2n) is 5.93. The molecule has 4 nitrogen and oxygen atoms in total. The Morgan fingerprint density at radius 2 is 2.32 bits per heavy atom. The lowest BCUT2D eigenvalue weighted by molar-refractivity contribution is -0.132. The quantitative estimate of drug-likeness (QED) is 0.869. The molecule has 0 radical (unpaired) electrons. The van der Waals surface area contributed by atoms with Crippen LogP contribution in [0.1, 0.15) is 31.2 Å². The molecule has 1 saturated heterocycles. The molecule has 1 aliphatic rings. The summed E-state index contributed by atoms with van der Waals surface area (Å²) in [5.41, 5.74) is 1.79. The van der Waals surface area contributed by atoms with Crippen LogP contribution in [0.2, 0.25) is 0 Å². The summed E-state index contributed by atoms with van der Waals surface area (Å²) in [7, 11) is 0. The Labute approximate surface area is 135 Å². The van der Waals surface area contributed by atoms with Crippen LogP contribution in [0, 0.1) is 5.92 Å². The number of carbonyl (C=O) groups excluding carboxylic acids is 1. The van der Waals surface area contributed by atoms with E-state index in [1.807, 2.05) is 28.5 Å². The molecule has 5 heteroatoms. The zero-order chi connectivity index (χ0) is 15.4. The monoisotopic (exact) mass is 315 g/mol. The molecule has 3 rings (SSSR count). The fourth-order valence-corrected chi connectivity index (χ4v) is 3.64. The third-order valence-corrected chi connectivity index (χ3v) is 4.95. The number of piperidine rings is 1. The topological polar surface area (TPSA) is 46.1 Å². The van der Waals surface area contributed by atoms with Crippen LogP contribution in [0.5, 0.6) is 0 Å². The van der Waals surface area contributed by atoms with Crippen LogP contribution in [0.4, 0.5) is 0 Å². The molecule has 2 aromatic rings. The normalized spacial score (nSPS) is 18.4. The number of thiazole rings is 1. The number of likely N-dealkylation sites (tertiary alicyclic amines) is 1. The molecular weight excluding hydrogens is 294 g/mol. The van der Waals surface area contributed by atoms with Crippen molar-refractivity contribution >= 4 is 17.2 Å². The molecule has 22 heavy (non-hydrogen) atoms. The van der Waals surface area contributed by atoms with E-state index < -0.39 is 0 Å². The van der Waals surface area contributed by atoms with E-state index in [1.165, 1.54) is 6.42 Å². The molecule has 116 valence electrons. The average Bonchev–Trinajstić information content (AvgIpc) is 3.02. The van der Waals surface area contributed by atoms with Crippen LogP contribution in [-0.2, 0) is 11.2 Å². The first kappa shape index (κ1) is 15.2. The number of aromatic nitrogens is 2. The van der Waals surface area contributed by atoms with Crippen molar-refractivity contribution in [2.75, 3.05) is 13.1 Å². The third-order valence-electron chi connectivity index (χ3n) is 4.04. The molecule has 1 amide bonds. The molecule has 1 aliphatic heterocycles. The highest BCUT2D eigenvalue weighted by Crippen LogP contribution is 2.21. The van der Waals surface area contributed by atoms with Crippen LogP contribution < -0.4 is 0 Å². The molecule has 0 bridgehead atoms. The van der Waals surface area contributed by atoms with E-state index in [9.17, 15) is 4.79 Å². The maximum absolute atomic E-state index is 12.3. The van der Waals surface area contributed by atoms with Gasteiger partial charge in [-0.15, -0.1) is 11.3 Å². The van der Waals surface area contributed by atoms with Gasteiger partial charge in [0.25, 0.3) is 0 Å². The molecule has 0 saturated carbocycles. The van der Waals surface area contributed by atoms with Crippen LogP contribution in [0.3, 0.4) is 0 Å². The molecular formula is C17H21N3OS. The minimum Gasteiger partial charge on any atom is -0.342 e. The number of carbonyl (C=O) groups is 1. The van der Waals surface area contributed by atoms with Gasteiger partial charge in [-0.1, -0.05) is 13.0 Å². The minimum atomic E-state index is 0.265. The zero-order valence-corrected chi connectivity index (χ0v) is 13.7. The molecule has 1 fully saturated rings. The highest BCUT2D eigenvalue weighted by Gasteiger charge is 2.20. The van der Waals surface area contributed by atoms with Gasteiger partial charge < -0.3 is 4.90 Å². The number of amides is 1. The maximum atomic E-state index is 12.3. The van der Waals surface area contributed by atoms with E-state index in [-0.39, 0.29) is 5.91 Å². The zero-order valence-electron chi connectivity index (χ0n) is 12.9. The number of aryl methyl sites for hydroxylation is 1. The Morgan fingerprint density at radius 3 is 3.09 bits per heavy atom. The first-order valence-electron chi connectivity index (χ1n) is 7.86. The van der Waals surface area contributed by atoms with Gasteiger partial charge >= 0.3 is 0 Å². The minimum absolute atomic E-state index is 0.265. The summed E-state index contributed by atoms with van der Waals surface area (Å²) >= 11 is 1.61. The Kier molecular flexibility index (Phi) is 4.83. The molecule has 0 aliphatic carbocycles. The first-order valence-corrected chi connectivity index (χ1v) is 8.74. The standard InChI is InChI=1S/C17H21N3OS/c1-13-5-4-10-20(11-13)17(21)8-7-16-19-15(12-22-16)14-6-2-3-9-18-14/h2-3,6,9,12-13H,4-5,7-8,10-11H2,1H3. The third kappa shape index (κ3) is 3.71. The van der Waals surface area contributed by atoms with Crippen molar-refractivity contribution in [1.29, 1.82) is 0 Å². The SMILES string of the molecule is CC1CCCN(C(=O)CCc2nc(-c3ccccn3)cs2)C1. The smallest absolute Gasteiger partial charge is 0.222 e. The maximum Gasteiger partial charge on any atom is 0.222 e. The first-order chi connectivity index (χ1) is 10.7. The van der Waals surface area contributed by atoms with E-state index in [1.54, 1.807) is 17.5 Å². The summed E-state index contributed by atoms with van der Waals surface area (Å²) in [6, 6.07) is 5.82. The second kappa shape index (κ2) is 7.01.